The maximum atomic E-state index is 12.9. The van der Waals surface area contributed by atoms with E-state index in [1.54, 1.807) is 13.2 Å². The number of ketones is 1. The molecule has 0 amide bonds. The van der Waals surface area contributed by atoms with Crippen molar-refractivity contribution in [3.63, 3.8) is 0 Å². The fourth-order valence-electron chi connectivity index (χ4n) is 3.57. The van der Waals surface area contributed by atoms with E-state index in [2.05, 4.69) is 32.1 Å². The third-order valence-corrected chi connectivity index (χ3v) is 5.10. The molecule has 148 valence electrons. The van der Waals surface area contributed by atoms with Gasteiger partial charge in [0.15, 0.2) is 11.5 Å². The fraction of sp³-hybridized carbons (Fsp3) is 0.375. The molecule has 0 spiro atoms. The minimum Gasteiger partial charge on any atom is -0.496 e. The zero-order valence-electron chi connectivity index (χ0n) is 17.1. The van der Waals surface area contributed by atoms with E-state index in [0.29, 0.717) is 23.7 Å². The normalized spacial score (nSPS) is 18.9. The van der Waals surface area contributed by atoms with Crippen LogP contribution in [-0.2, 0) is 14.3 Å². The first-order valence-electron chi connectivity index (χ1n) is 10.2. The van der Waals surface area contributed by atoms with Crippen molar-refractivity contribution >= 4 is 11.5 Å². The van der Waals surface area contributed by atoms with Crippen LogP contribution in [0.1, 0.15) is 45.1 Å². The molecule has 4 nitrogen and oxygen atoms in total. The molecule has 1 aromatic carbocycles. The molecule has 1 atom stereocenters. The van der Waals surface area contributed by atoms with Gasteiger partial charge in [-0.25, -0.2) is 0 Å². The van der Waals surface area contributed by atoms with Crippen LogP contribution in [0.15, 0.2) is 71.3 Å². The zero-order valence-corrected chi connectivity index (χ0v) is 17.1. The van der Waals surface area contributed by atoms with Crippen molar-refractivity contribution in [1.29, 1.82) is 0 Å². The number of carbonyl (C=O) groups is 1. The molecule has 4 heteroatoms. The molecule has 1 aromatic rings. The average Bonchev–Trinajstić information content (AvgIpc) is 2.73. The number of nitrogens with one attached hydrogen (secondary N) is 1. The SMILES string of the molecule is CCCCOC1=C2C(=O)C=C(OC)C=C2[NH+](CCCC)C(c2ccccc2)=C1. The summed E-state index contributed by atoms with van der Waals surface area (Å²) >= 11 is 0. The molecule has 0 aromatic heterocycles. The summed E-state index contributed by atoms with van der Waals surface area (Å²) in [6.45, 7) is 5.85. The Hall–Kier alpha value is -2.59. The highest BCUT2D eigenvalue weighted by Crippen LogP contribution is 2.28. The summed E-state index contributed by atoms with van der Waals surface area (Å²) in [5, 5.41) is 0. The molecular formula is C24H30NO3+. The Balaban J connectivity index is 2.11. The maximum absolute atomic E-state index is 12.9. The molecule has 2 aliphatic rings. The third-order valence-electron chi connectivity index (χ3n) is 5.10. The van der Waals surface area contributed by atoms with Crippen LogP contribution < -0.4 is 4.90 Å². The number of unbranched alkanes of at least 4 members (excludes halogenated alkanes) is 2. The molecule has 3 rings (SSSR count). The number of rotatable bonds is 9. The number of hydrogen-bond donors (Lipinski definition) is 1. The van der Waals surface area contributed by atoms with Crippen LogP contribution in [0.2, 0.25) is 0 Å². The van der Waals surface area contributed by atoms with Gasteiger partial charge in [0.1, 0.15) is 22.8 Å². The van der Waals surface area contributed by atoms with Gasteiger partial charge in [0, 0.05) is 23.8 Å². The van der Waals surface area contributed by atoms with Crippen LogP contribution in [0, 0.1) is 0 Å². The summed E-state index contributed by atoms with van der Waals surface area (Å²) in [6, 6.07) is 10.3. The minimum atomic E-state index is -0.0433. The lowest BCUT2D eigenvalue weighted by Gasteiger charge is -2.31. The highest BCUT2D eigenvalue weighted by Gasteiger charge is 2.37. The summed E-state index contributed by atoms with van der Waals surface area (Å²) in [5.41, 5.74) is 3.90. The molecule has 0 fully saturated rings. The van der Waals surface area contributed by atoms with Crippen molar-refractivity contribution in [2.45, 2.75) is 39.5 Å². The van der Waals surface area contributed by atoms with Gasteiger partial charge in [0.05, 0.1) is 20.3 Å². The van der Waals surface area contributed by atoms with Gasteiger partial charge in [-0.2, -0.15) is 0 Å². The van der Waals surface area contributed by atoms with Gasteiger partial charge in [-0.3, -0.25) is 9.69 Å². The maximum Gasteiger partial charge on any atom is 0.199 e. The van der Waals surface area contributed by atoms with E-state index in [4.69, 9.17) is 9.47 Å². The Labute approximate surface area is 167 Å². The second kappa shape index (κ2) is 9.56. The Kier molecular flexibility index (Phi) is 6.88. The predicted octanol–water partition coefficient (Wildman–Crippen LogP) is 3.79. The Morgan fingerprint density at radius 1 is 0.929 bits per heavy atom. The summed E-state index contributed by atoms with van der Waals surface area (Å²) in [6.07, 6.45) is 9.78. The van der Waals surface area contributed by atoms with Crippen molar-refractivity contribution in [2.24, 2.45) is 0 Å². The van der Waals surface area contributed by atoms with Gasteiger partial charge in [0.2, 0.25) is 0 Å². The van der Waals surface area contributed by atoms with E-state index >= 15 is 0 Å². The van der Waals surface area contributed by atoms with Gasteiger partial charge in [0.25, 0.3) is 0 Å². The number of hydrogen-bond acceptors (Lipinski definition) is 3. The van der Waals surface area contributed by atoms with Crippen molar-refractivity contribution in [1.82, 2.24) is 0 Å². The number of fused-ring (bicyclic) bond motifs is 1. The highest BCUT2D eigenvalue weighted by atomic mass is 16.5. The Morgan fingerprint density at radius 2 is 1.68 bits per heavy atom. The number of ether oxygens (including phenoxy) is 2. The first-order valence-corrected chi connectivity index (χ1v) is 10.2. The molecule has 1 unspecified atom stereocenters. The van der Waals surface area contributed by atoms with E-state index < -0.39 is 0 Å². The Bertz CT molecular complexity index is 831. The Morgan fingerprint density at radius 3 is 2.36 bits per heavy atom. The number of carbonyl (C=O) groups excluding carboxylic acids is 1. The molecule has 0 saturated carbocycles. The van der Waals surface area contributed by atoms with Crippen LogP contribution in [0.3, 0.4) is 0 Å². The number of benzene rings is 1. The van der Waals surface area contributed by atoms with E-state index in [9.17, 15) is 4.79 Å². The summed E-state index contributed by atoms with van der Waals surface area (Å²) in [7, 11) is 1.60. The number of allylic oxidation sites excluding steroid dienone is 4. The lowest BCUT2D eigenvalue weighted by atomic mass is 9.93. The van der Waals surface area contributed by atoms with Crippen LogP contribution in [0.4, 0.5) is 0 Å². The van der Waals surface area contributed by atoms with E-state index in [0.717, 1.165) is 49.2 Å². The third kappa shape index (κ3) is 4.28. The minimum absolute atomic E-state index is 0.0433. The molecule has 0 radical (unpaired) electrons. The van der Waals surface area contributed by atoms with Crippen molar-refractivity contribution in [2.75, 3.05) is 20.3 Å². The van der Waals surface area contributed by atoms with Gasteiger partial charge in [-0.1, -0.05) is 44.9 Å². The first-order chi connectivity index (χ1) is 13.7. The van der Waals surface area contributed by atoms with Crippen LogP contribution in [-0.4, -0.2) is 26.0 Å². The van der Waals surface area contributed by atoms with Gasteiger partial charge in [-0.05, 0) is 25.0 Å². The molecule has 1 aliphatic carbocycles. The second-order valence-electron chi connectivity index (χ2n) is 7.12. The molecule has 28 heavy (non-hydrogen) atoms. The largest absolute Gasteiger partial charge is 0.496 e. The first kappa shape index (κ1) is 20.2. The average molecular weight is 381 g/mol. The van der Waals surface area contributed by atoms with E-state index in [1.165, 1.54) is 4.90 Å². The van der Waals surface area contributed by atoms with E-state index in [-0.39, 0.29) is 5.78 Å². The lowest BCUT2D eigenvalue weighted by Crippen LogP contribution is -3.08. The monoisotopic (exact) mass is 380 g/mol. The molecule has 1 aliphatic heterocycles. The molecular weight excluding hydrogens is 350 g/mol. The van der Waals surface area contributed by atoms with Crippen molar-refractivity contribution in [3.05, 3.63) is 76.9 Å². The lowest BCUT2D eigenvalue weighted by molar-refractivity contribution is -0.781. The van der Waals surface area contributed by atoms with E-state index in [1.807, 2.05) is 24.3 Å². The quantitative estimate of drug-likeness (QED) is 0.663. The summed E-state index contributed by atoms with van der Waals surface area (Å²) in [4.78, 5) is 14.1. The molecule has 1 N–H and O–H groups in total. The van der Waals surface area contributed by atoms with Crippen LogP contribution in [0.5, 0.6) is 0 Å². The topological polar surface area (TPSA) is 40.0 Å². The number of quaternary nitrogens is 1. The van der Waals surface area contributed by atoms with Gasteiger partial charge < -0.3 is 9.47 Å². The van der Waals surface area contributed by atoms with Crippen molar-refractivity contribution in [3.8, 4) is 0 Å². The smallest absolute Gasteiger partial charge is 0.199 e. The second-order valence-corrected chi connectivity index (χ2v) is 7.12. The predicted molar refractivity (Wildman–Crippen MR) is 111 cm³/mol. The molecule has 0 bridgehead atoms. The van der Waals surface area contributed by atoms with Crippen LogP contribution >= 0.6 is 0 Å². The van der Waals surface area contributed by atoms with Gasteiger partial charge in [-0.15, -0.1) is 0 Å². The van der Waals surface area contributed by atoms with Gasteiger partial charge >= 0.3 is 0 Å². The standard InChI is InChI=1S/C24H29NO3/c1-4-6-13-25-20(18-11-9-8-10-12-18)17-23(28-14-7-5-2)24-21(25)15-19(27-3)16-22(24)26/h8-12,15-17H,4-7,13-14H2,1-3H3/p+1. The molecule has 0 saturated heterocycles. The summed E-state index contributed by atoms with van der Waals surface area (Å²) in [5.74, 6) is 1.23. The highest BCUT2D eigenvalue weighted by molar-refractivity contribution is 6.09. The molecule has 1 heterocycles. The fourth-order valence-corrected chi connectivity index (χ4v) is 3.57. The summed E-state index contributed by atoms with van der Waals surface area (Å²) < 4.78 is 11.5. The zero-order chi connectivity index (χ0) is 19.9. The van der Waals surface area contributed by atoms with Crippen LogP contribution in [0.25, 0.3) is 5.70 Å². The number of methoxy groups -OCH3 is 1. The van der Waals surface area contributed by atoms with Crippen molar-refractivity contribution < 1.29 is 19.2 Å².